The van der Waals surface area contributed by atoms with Gasteiger partial charge in [-0.2, -0.15) is 16.6 Å². The van der Waals surface area contributed by atoms with Gasteiger partial charge in [0.25, 0.3) is 5.91 Å². The second-order valence-electron chi connectivity index (χ2n) is 6.55. The maximum Gasteiger partial charge on any atom is 0.254 e. The lowest BCUT2D eigenvalue weighted by atomic mass is 9.97. The number of nitrogens with zero attached hydrogens (tertiary/aromatic N) is 3. The largest absolute Gasteiger partial charge is 0.371 e. The molecule has 6 nitrogen and oxygen atoms in total. The fourth-order valence-corrected chi connectivity index (χ4v) is 4.22. The van der Waals surface area contributed by atoms with E-state index >= 15 is 0 Å². The molecule has 4 rings (SSSR count). The Morgan fingerprint density at radius 3 is 3.20 bits per heavy atom. The van der Waals surface area contributed by atoms with Crippen molar-refractivity contribution in [2.24, 2.45) is 0 Å². The highest BCUT2D eigenvalue weighted by atomic mass is 32.1. The third-order valence-electron chi connectivity index (χ3n) is 4.80. The summed E-state index contributed by atoms with van der Waals surface area (Å²) in [4.78, 5) is 18.7. The number of nitrogens with one attached hydrogen (secondary N) is 1. The van der Waals surface area contributed by atoms with E-state index in [9.17, 15) is 4.79 Å². The van der Waals surface area contributed by atoms with Gasteiger partial charge in [-0.05, 0) is 30.0 Å². The van der Waals surface area contributed by atoms with E-state index in [0.717, 1.165) is 24.9 Å². The first-order chi connectivity index (χ1) is 12.2. The van der Waals surface area contributed by atoms with Crippen molar-refractivity contribution in [1.29, 1.82) is 5.26 Å². The maximum atomic E-state index is 12.5. The molecule has 2 aliphatic rings. The van der Waals surface area contributed by atoms with Gasteiger partial charge in [-0.1, -0.05) is 6.07 Å². The van der Waals surface area contributed by atoms with Crippen LogP contribution in [0, 0.1) is 11.3 Å². The van der Waals surface area contributed by atoms with E-state index < -0.39 is 0 Å². The van der Waals surface area contributed by atoms with Crippen molar-refractivity contribution in [2.75, 3.05) is 25.0 Å². The highest BCUT2D eigenvalue weighted by molar-refractivity contribution is 7.08. The average molecular weight is 354 g/mol. The Labute approximate surface area is 150 Å². The molecule has 0 bridgehead atoms. The van der Waals surface area contributed by atoms with Gasteiger partial charge in [0, 0.05) is 18.3 Å². The van der Waals surface area contributed by atoms with Crippen molar-refractivity contribution >= 4 is 23.1 Å². The smallest absolute Gasteiger partial charge is 0.254 e. The Bertz CT molecular complexity index is 817. The van der Waals surface area contributed by atoms with Gasteiger partial charge >= 0.3 is 0 Å². The minimum absolute atomic E-state index is 0.0847. The zero-order valence-corrected chi connectivity index (χ0v) is 14.5. The third kappa shape index (κ3) is 3.23. The van der Waals surface area contributed by atoms with Crippen LogP contribution in [-0.2, 0) is 4.74 Å². The molecule has 2 aromatic rings. The van der Waals surface area contributed by atoms with Crippen LogP contribution < -0.4 is 5.32 Å². The number of hydrogen-bond acceptors (Lipinski definition) is 6. The molecule has 0 aliphatic carbocycles. The molecule has 1 spiro atoms. The summed E-state index contributed by atoms with van der Waals surface area (Å²) >= 11 is 1.54. The quantitative estimate of drug-likeness (QED) is 0.916. The molecule has 7 heteroatoms. The van der Waals surface area contributed by atoms with Gasteiger partial charge in [-0.15, -0.1) is 0 Å². The van der Waals surface area contributed by atoms with Crippen LogP contribution in [0.3, 0.4) is 0 Å². The van der Waals surface area contributed by atoms with Gasteiger partial charge in [0.2, 0.25) is 0 Å². The number of hydrogen-bond donors (Lipinski definition) is 1. The number of thiophene rings is 1. The summed E-state index contributed by atoms with van der Waals surface area (Å²) in [7, 11) is 0. The van der Waals surface area contributed by atoms with Crippen LogP contribution in [0.15, 0.2) is 35.0 Å². The minimum atomic E-state index is -0.268. The first-order valence-corrected chi connectivity index (χ1v) is 9.21. The molecule has 0 unspecified atom stereocenters. The second-order valence-corrected chi connectivity index (χ2v) is 7.33. The van der Waals surface area contributed by atoms with Gasteiger partial charge in [-0.25, -0.2) is 4.98 Å². The van der Waals surface area contributed by atoms with Crippen molar-refractivity contribution in [2.45, 2.75) is 24.5 Å². The van der Waals surface area contributed by atoms with E-state index in [2.05, 4.69) is 10.3 Å². The Kier molecular flexibility index (Phi) is 4.15. The molecule has 2 aromatic heterocycles. The molecule has 2 atom stereocenters. The molecule has 0 saturated carbocycles. The van der Waals surface area contributed by atoms with E-state index in [1.54, 1.807) is 6.07 Å². The van der Waals surface area contributed by atoms with Crippen molar-refractivity contribution in [3.05, 3.63) is 46.3 Å². The summed E-state index contributed by atoms with van der Waals surface area (Å²) < 4.78 is 6.09. The Morgan fingerprint density at radius 1 is 1.48 bits per heavy atom. The second kappa shape index (κ2) is 6.47. The number of rotatable bonds is 3. The number of carbonyl (C=O) groups excluding carboxylic acids is 1. The van der Waals surface area contributed by atoms with E-state index in [4.69, 9.17) is 10.00 Å². The summed E-state index contributed by atoms with van der Waals surface area (Å²) in [6, 6.07) is 9.40. The molecular formula is C18H18N4O2S. The van der Waals surface area contributed by atoms with Crippen LogP contribution in [-0.4, -0.2) is 47.1 Å². The molecule has 2 fully saturated rings. The number of nitriles is 1. The number of anilines is 1. The molecule has 1 N–H and O–H groups in total. The van der Waals surface area contributed by atoms with Gasteiger partial charge in [0.15, 0.2) is 0 Å². The topological polar surface area (TPSA) is 78.2 Å². The monoisotopic (exact) mass is 354 g/mol. The van der Waals surface area contributed by atoms with Crippen LogP contribution in [0.5, 0.6) is 0 Å². The normalized spacial score (nSPS) is 25.2. The van der Waals surface area contributed by atoms with Crippen LogP contribution in [0.25, 0.3) is 0 Å². The SMILES string of the molecule is N#Cc1cccc(N[C@@H]2CO[C@]3(CCN(C(=O)c4ccsc4)C3)C2)n1. The fraction of sp³-hybridized carbons (Fsp3) is 0.389. The van der Waals surface area contributed by atoms with Crippen molar-refractivity contribution in [1.82, 2.24) is 9.88 Å². The fourth-order valence-electron chi connectivity index (χ4n) is 3.59. The van der Waals surface area contributed by atoms with E-state index in [1.165, 1.54) is 11.3 Å². The molecule has 0 aromatic carbocycles. The summed E-state index contributed by atoms with van der Waals surface area (Å²) in [5, 5.41) is 16.1. The van der Waals surface area contributed by atoms with Crippen molar-refractivity contribution < 1.29 is 9.53 Å². The third-order valence-corrected chi connectivity index (χ3v) is 5.48. The molecule has 1 amide bonds. The molecule has 2 saturated heterocycles. The molecule has 128 valence electrons. The highest BCUT2D eigenvalue weighted by Crippen LogP contribution is 2.36. The lowest BCUT2D eigenvalue weighted by Crippen LogP contribution is -2.36. The number of aromatic nitrogens is 1. The lowest BCUT2D eigenvalue weighted by molar-refractivity contribution is 0.0125. The Morgan fingerprint density at radius 2 is 2.40 bits per heavy atom. The van der Waals surface area contributed by atoms with Gasteiger partial charge in [-0.3, -0.25) is 4.79 Å². The molecular weight excluding hydrogens is 336 g/mol. The van der Waals surface area contributed by atoms with Gasteiger partial charge < -0.3 is 15.0 Å². The summed E-state index contributed by atoms with van der Waals surface area (Å²) in [6.07, 6.45) is 1.69. The average Bonchev–Trinajstić information content (AvgIpc) is 3.37. The van der Waals surface area contributed by atoms with Crippen LogP contribution >= 0.6 is 11.3 Å². The number of carbonyl (C=O) groups is 1. The minimum Gasteiger partial charge on any atom is -0.371 e. The van der Waals surface area contributed by atoms with Crippen molar-refractivity contribution in [3.63, 3.8) is 0 Å². The molecule has 25 heavy (non-hydrogen) atoms. The predicted molar refractivity (Wildman–Crippen MR) is 94.5 cm³/mol. The number of likely N-dealkylation sites (tertiary alicyclic amines) is 1. The summed E-state index contributed by atoms with van der Waals surface area (Å²) in [6.45, 7) is 1.94. The predicted octanol–water partition coefficient (Wildman–Crippen LogP) is 2.50. The molecule has 4 heterocycles. The first kappa shape index (κ1) is 16.1. The van der Waals surface area contributed by atoms with Gasteiger partial charge in [0.05, 0.1) is 30.4 Å². The summed E-state index contributed by atoms with van der Waals surface area (Å²) in [5.74, 6) is 0.774. The van der Waals surface area contributed by atoms with Crippen LogP contribution in [0.4, 0.5) is 5.82 Å². The Hall–Kier alpha value is -2.43. The maximum absolute atomic E-state index is 12.5. The standard InChI is InChI=1S/C18H18N4O2S/c19-9-14-2-1-3-16(20-14)21-15-8-18(24-10-15)5-6-22(12-18)17(23)13-4-7-25-11-13/h1-4,7,11,15H,5-6,8,10,12H2,(H,20,21)/t15-,18+/m0/s1. The van der Waals surface area contributed by atoms with E-state index in [0.29, 0.717) is 24.7 Å². The number of amides is 1. The van der Waals surface area contributed by atoms with Crippen molar-refractivity contribution in [3.8, 4) is 6.07 Å². The molecule has 2 aliphatic heterocycles. The molecule has 0 radical (unpaired) electrons. The number of pyridine rings is 1. The van der Waals surface area contributed by atoms with Crippen LogP contribution in [0.2, 0.25) is 0 Å². The Balaban J connectivity index is 1.39. The lowest BCUT2D eigenvalue weighted by Gasteiger charge is -2.23. The zero-order chi connectivity index (χ0) is 17.3. The highest BCUT2D eigenvalue weighted by Gasteiger charge is 2.46. The van der Waals surface area contributed by atoms with Gasteiger partial charge in [0.1, 0.15) is 17.6 Å². The number of ether oxygens (including phenoxy) is 1. The zero-order valence-electron chi connectivity index (χ0n) is 13.6. The van der Waals surface area contributed by atoms with Crippen LogP contribution in [0.1, 0.15) is 28.9 Å². The first-order valence-electron chi connectivity index (χ1n) is 8.27. The summed E-state index contributed by atoms with van der Waals surface area (Å²) in [5.41, 5.74) is 0.884. The van der Waals surface area contributed by atoms with E-state index in [-0.39, 0.29) is 17.6 Å². The van der Waals surface area contributed by atoms with E-state index in [1.807, 2.05) is 39.9 Å².